The summed E-state index contributed by atoms with van der Waals surface area (Å²) in [7, 11) is 3.19. The fraction of sp³-hybridized carbons (Fsp3) is 0.619. The Bertz CT molecular complexity index is 672. The largest absolute Gasteiger partial charge is 0.493 e. The predicted molar refractivity (Wildman–Crippen MR) is 121 cm³/mol. The third-order valence-electron chi connectivity index (χ3n) is 4.21. The van der Waals surface area contributed by atoms with Gasteiger partial charge < -0.3 is 19.5 Å². The number of hydrogen-bond donors (Lipinski definition) is 1. The van der Waals surface area contributed by atoms with Gasteiger partial charge in [0.15, 0.2) is 11.5 Å². The molecule has 1 aromatic rings. The number of amides is 1. The smallest absolute Gasteiger partial charge is 0.311 e. The van der Waals surface area contributed by atoms with E-state index in [1.165, 1.54) is 0 Å². The topological polar surface area (TPSA) is 73.9 Å². The molecule has 0 saturated carbocycles. The fourth-order valence-corrected chi connectivity index (χ4v) is 4.23. The Hall–Kier alpha value is -1.54. The van der Waals surface area contributed by atoms with Crippen LogP contribution in [0.15, 0.2) is 18.2 Å². The van der Waals surface area contributed by atoms with Gasteiger partial charge in [-0.1, -0.05) is 6.07 Å². The second-order valence-electron chi connectivity index (χ2n) is 7.53. The molecule has 6 nitrogen and oxygen atoms in total. The number of nitrogens with one attached hydrogen (secondary N) is 1. The summed E-state index contributed by atoms with van der Waals surface area (Å²) in [6, 6.07) is 5.69. The van der Waals surface area contributed by atoms with Crippen LogP contribution < -0.4 is 14.8 Å². The van der Waals surface area contributed by atoms with Crippen LogP contribution in [0.1, 0.15) is 32.8 Å². The summed E-state index contributed by atoms with van der Waals surface area (Å²) in [6.45, 7) is 5.91. The highest BCUT2D eigenvalue weighted by Crippen LogP contribution is 2.29. The zero-order valence-corrected chi connectivity index (χ0v) is 20.0. The number of esters is 1. The van der Waals surface area contributed by atoms with E-state index in [0.717, 1.165) is 5.56 Å². The predicted octanol–water partition coefficient (Wildman–Crippen LogP) is 3.76. The van der Waals surface area contributed by atoms with Crippen LogP contribution in [-0.4, -0.2) is 55.8 Å². The molecule has 164 valence electrons. The molecule has 8 heteroatoms. The molecular weight excluding hydrogens is 410 g/mol. The van der Waals surface area contributed by atoms with Crippen LogP contribution in [0.4, 0.5) is 0 Å². The van der Waals surface area contributed by atoms with Crippen LogP contribution in [0.3, 0.4) is 0 Å². The Morgan fingerprint density at radius 1 is 1.07 bits per heavy atom. The number of ether oxygens (including phenoxy) is 3. The van der Waals surface area contributed by atoms with Crippen molar-refractivity contribution in [2.75, 3.05) is 33.3 Å². The minimum atomic E-state index is -0.608. The maximum atomic E-state index is 12.5. The molecule has 0 heterocycles. The Morgan fingerprint density at radius 3 is 2.21 bits per heavy atom. The van der Waals surface area contributed by atoms with E-state index in [4.69, 9.17) is 14.2 Å². The van der Waals surface area contributed by atoms with Crippen LogP contribution in [0.25, 0.3) is 0 Å². The standard InChI is InChI=1S/C21H33NO5S2/c1-21(2,3)20(24)27-17(19(28-6)29-7)13-18(23)22-11-10-14-8-9-15(25-4)16(12-14)26-5/h8-9,12,17,19H,10-11,13H2,1-7H3,(H,22,23). The number of carbonyl (C=O) groups excluding carboxylic acids is 2. The third-order valence-corrected chi connectivity index (χ3v) is 6.90. The van der Waals surface area contributed by atoms with Crippen molar-refractivity contribution in [2.45, 2.75) is 44.3 Å². The first-order chi connectivity index (χ1) is 13.7. The van der Waals surface area contributed by atoms with Crippen LogP contribution in [-0.2, 0) is 20.7 Å². The van der Waals surface area contributed by atoms with Gasteiger partial charge in [0.25, 0.3) is 0 Å². The summed E-state index contributed by atoms with van der Waals surface area (Å²) in [5.74, 6) is 0.899. The first-order valence-corrected chi connectivity index (χ1v) is 12.0. The van der Waals surface area contributed by atoms with Crippen molar-refractivity contribution in [2.24, 2.45) is 5.41 Å². The lowest BCUT2D eigenvalue weighted by Gasteiger charge is -2.27. The number of benzene rings is 1. The molecule has 0 spiro atoms. The van der Waals surface area contributed by atoms with E-state index in [-0.39, 0.29) is 22.9 Å². The zero-order chi connectivity index (χ0) is 22.0. The molecule has 29 heavy (non-hydrogen) atoms. The van der Waals surface area contributed by atoms with E-state index in [9.17, 15) is 9.59 Å². The van der Waals surface area contributed by atoms with Crippen molar-refractivity contribution in [3.05, 3.63) is 23.8 Å². The molecule has 0 aliphatic carbocycles. The van der Waals surface area contributed by atoms with E-state index in [1.54, 1.807) is 37.7 Å². The van der Waals surface area contributed by atoms with Gasteiger partial charge in [-0.15, -0.1) is 23.5 Å². The van der Waals surface area contributed by atoms with Gasteiger partial charge in [0.2, 0.25) is 5.91 Å². The molecule has 1 unspecified atom stereocenters. The van der Waals surface area contributed by atoms with Gasteiger partial charge in [-0.05, 0) is 57.4 Å². The van der Waals surface area contributed by atoms with E-state index in [0.29, 0.717) is 24.5 Å². The first kappa shape index (κ1) is 25.5. The SMILES string of the molecule is COc1ccc(CCNC(=O)CC(OC(=O)C(C)(C)C)C(SC)SC)cc1OC. The molecule has 0 radical (unpaired) electrons. The lowest BCUT2D eigenvalue weighted by Crippen LogP contribution is -2.37. The van der Waals surface area contributed by atoms with E-state index < -0.39 is 11.5 Å². The quantitative estimate of drug-likeness (QED) is 0.412. The van der Waals surface area contributed by atoms with Gasteiger partial charge in [0.1, 0.15) is 6.10 Å². The maximum absolute atomic E-state index is 12.5. The highest BCUT2D eigenvalue weighted by Gasteiger charge is 2.31. The number of thioether (sulfide) groups is 2. The average molecular weight is 444 g/mol. The molecule has 0 aliphatic rings. The van der Waals surface area contributed by atoms with E-state index in [1.807, 2.05) is 51.5 Å². The second kappa shape index (κ2) is 12.2. The summed E-state index contributed by atoms with van der Waals surface area (Å²) in [5.41, 5.74) is 0.425. The Kier molecular flexibility index (Phi) is 10.7. The minimum Gasteiger partial charge on any atom is -0.493 e. The molecular formula is C21H33NO5S2. The summed E-state index contributed by atoms with van der Waals surface area (Å²) < 4.78 is 16.2. The molecule has 0 aromatic heterocycles. The molecule has 0 bridgehead atoms. The second-order valence-corrected chi connectivity index (χ2v) is 9.78. The molecule has 0 saturated heterocycles. The molecule has 0 aliphatic heterocycles. The summed E-state index contributed by atoms with van der Waals surface area (Å²) in [6.07, 6.45) is 4.22. The van der Waals surface area contributed by atoms with Crippen molar-refractivity contribution in [3.8, 4) is 11.5 Å². The fourth-order valence-electron chi connectivity index (χ4n) is 2.54. The van der Waals surface area contributed by atoms with Gasteiger partial charge >= 0.3 is 5.97 Å². The molecule has 1 rings (SSSR count). The number of rotatable bonds is 11. The molecule has 1 amide bonds. The van der Waals surface area contributed by atoms with Gasteiger partial charge in [-0.2, -0.15) is 0 Å². The maximum Gasteiger partial charge on any atom is 0.311 e. The normalized spacial score (nSPS) is 12.4. The molecule has 1 aromatic carbocycles. The summed E-state index contributed by atoms with van der Waals surface area (Å²) in [5, 5.41) is 2.92. The Labute approximate surface area is 182 Å². The Morgan fingerprint density at radius 2 is 1.69 bits per heavy atom. The third kappa shape index (κ3) is 8.38. The lowest BCUT2D eigenvalue weighted by atomic mass is 9.97. The monoisotopic (exact) mass is 443 g/mol. The van der Waals surface area contributed by atoms with Gasteiger partial charge in [-0.3, -0.25) is 9.59 Å². The summed E-state index contributed by atoms with van der Waals surface area (Å²) >= 11 is 3.16. The summed E-state index contributed by atoms with van der Waals surface area (Å²) in [4.78, 5) is 24.8. The first-order valence-electron chi connectivity index (χ1n) is 9.40. The van der Waals surface area contributed by atoms with Crippen molar-refractivity contribution in [1.29, 1.82) is 0 Å². The molecule has 0 fully saturated rings. The van der Waals surface area contributed by atoms with Crippen LogP contribution in [0.5, 0.6) is 11.5 Å². The van der Waals surface area contributed by atoms with Crippen molar-refractivity contribution in [1.82, 2.24) is 5.32 Å². The van der Waals surface area contributed by atoms with Crippen LogP contribution in [0.2, 0.25) is 0 Å². The highest BCUT2D eigenvalue weighted by atomic mass is 32.2. The minimum absolute atomic E-state index is 0.00195. The highest BCUT2D eigenvalue weighted by molar-refractivity contribution is 8.16. The van der Waals surface area contributed by atoms with E-state index >= 15 is 0 Å². The Balaban J connectivity index is 2.65. The molecule has 1 N–H and O–H groups in total. The van der Waals surface area contributed by atoms with Gasteiger partial charge in [0.05, 0.1) is 30.6 Å². The van der Waals surface area contributed by atoms with Crippen molar-refractivity contribution in [3.63, 3.8) is 0 Å². The van der Waals surface area contributed by atoms with Crippen LogP contribution >= 0.6 is 23.5 Å². The number of methoxy groups -OCH3 is 2. The average Bonchev–Trinajstić information content (AvgIpc) is 2.67. The molecule has 1 atom stereocenters. The number of hydrogen-bond acceptors (Lipinski definition) is 7. The van der Waals surface area contributed by atoms with Crippen LogP contribution in [0, 0.1) is 5.41 Å². The van der Waals surface area contributed by atoms with Crippen molar-refractivity contribution >= 4 is 35.4 Å². The zero-order valence-electron chi connectivity index (χ0n) is 18.4. The van der Waals surface area contributed by atoms with E-state index in [2.05, 4.69) is 5.32 Å². The number of carbonyl (C=O) groups is 2. The lowest BCUT2D eigenvalue weighted by molar-refractivity contribution is -0.158. The van der Waals surface area contributed by atoms with Gasteiger partial charge in [-0.25, -0.2) is 0 Å². The van der Waals surface area contributed by atoms with Gasteiger partial charge in [0, 0.05) is 6.54 Å². The van der Waals surface area contributed by atoms with Crippen molar-refractivity contribution < 1.29 is 23.8 Å².